The molecule has 1 aromatic heterocycles. The lowest BCUT2D eigenvalue weighted by atomic mass is 9.77. The molecule has 6 heteroatoms. The summed E-state index contributed by atoms with van der Waals surface area (Å²) in [7, 11) is 0. The second kappa shape index (κ2) is 9.18. The molecule has 32 heavy (non-hydrogen) atoms. The SMILES string of the molecule is Cc1cn(C(O)CNC(c2ccccc2)(c2ccccc2)c2ccccc2)c(=O)[nH]c1=O. The van der Waals surface area contributed by atoms with Crippen LogP contribution in [0.3, 0.4) is 0 Å². The molecule has 0 aliphatic rings. The minimum absolute atomic E-state index is 0.0596. The Morgan fingerprint density at radius 1 is 0.844 bits per heavy atom. The van der Waals surface area contributed by atoms with Crippen LogP contribution in [-0.2, 0) is 5.54 Å². The Labute approximate surface area is 185 Å². The van der Waals surface area contributed by atoms with Crippen molar-refractivity contribution in [3.05, 3.63) is 140 Å². The average molecular weight is 428 g/mol. The van der Waals surface area contributed by atoms with E-state index in [0.29, 0.717) is 5.56 Å². The lowest BCUT2D eigenvalue weighted by Gasteiger charge is -2.38. The van der Waals surface area contributed by atoms with Crippen molar-refractivity contribution in [3.63, 3.8) is 0 Å². The minimum Gasteiger partial charge on any atom is -0.372 e. The van der Waals surface area contributed by atoms with Crippen molar-refractivity contribution >= 4 is 0 Å². The van der Waals surface area contributed by atoms with E-state index in [9.17, 15) is 14.7 Å². The predicted octanol–water partition coefficient (Wildman–Crippen LogP) is 2.92. The molecule has 162 valence electrons. The van der Waals surface area contributed by atoms with Crippen LogP contribution >= 0.6 is 0 Å². The molecule has 0 saturated carbocycles. The third-order valence-electron chi connectivity index (χ3n) is 5.64. The van der Waals surface area contributed by atoms with Gasteiger partial charge in [-0.3, -0.25) is 19.7 Å². The Kier molecular flexibility index (Phi) is 6.16. The third kappa shape index (κ3) is 4.06. The number of H-pyrrole nitrogens is 1. The number of aromatic nitrogens is 2. The highest BCUT2D eigenvalue weighted by atomic mass is 16.3. The Hall–Kier alpha value is -3.74. The van der Waals surface area contributed by atoms with Gasteiger partial charge < -0.3 is 5.11 Å². The molecule has 0 radical (unpaired) electrons. The van der Waals surface area contributed by atoms with Crippen molar-refractivity contribution < 1.29 is 5.11 Å². The number of hydrogen-bond donors (Lipinski definition) is 3. The summed E-state index contributed by atoms with van der Waals surface area (Å²) in [6.45, 7) is 1.65. The van der Waals surface area contributed by atoms with Crippen LogP contribution in [0, 0.1) is 6.92 Å². The van der Waals surface area contributed by atoms with Crippen molar-refractivity contribution in [3.8, 4) is 0 Å². The van der Waals surface area contributed by atoms with Gasteiger partial charge in [0.1, 0.15) is 6.23 Å². The van der Waals surface area contributed by atoms with Crippen molar-refractivity contribution in [2.24, 2.45) is 0 Å². The maximum absolute atomic E-state index is 12.3. The Morgan fingerprint density at radius 3 is 1.72 bits per heavy atom. The number of aryl methyl sites for hydroxylation is 1. The van der Waals surface area contributed by atoms with Gasteiger partial charge in [-0.1, -0.05) is 91.0 Å². The molecule has 0 bridgehead atoms. The molecule has 0 amide bonds. The highest BCUT2D eigenvalue weighted by molar-refractivity contribution is 5.49. The fourth-order valence-electron chi connectivity index (χ4n) is 4.02. The minimum atomic E-state index is -1.19. The molecule has 1 heterocycles. The van der Waals surface area contributed by atoms with E-state index in [-0.39, 0.29) is 6.54 Å². The van der Waals surface area contributed by atoms with E-state index in [0.717, 1.165) is 21.3 Å². The maximum Gasteiger partial charge on any atom is 0.330 e. The largest absolute Gasteiger partial charge is 0.372 e. The number of aliphatic hydroxyl groups is 1. The maximum atomic E-state index is 12.3. The van der Waals surface area contributed by atoms with Gasteiger partial charge in [-0.15, -0.1) is 0 Å². The molecular formula is C26H25N3O3. The van der Waals surface area contributed by atoms with E-state index in [4.69, 9.17) is 0 Å². The Morgan fingerprint density at radius 2 is 1.28 bits per heavy atom. The van der Waals surface area contributed by atoms with Crippen molar-refractivity contribution in [1.82, 2.24) is 14.9 Å². The molecule has 0 aliphatic heterocycles. The second-order valence-corrected chi connectivity index (χ2v) is 7.69. The fraction of sp³-hybridized carbons (Fsp3) is 0.154. The molecule has 3 N–H and O–H groups in total. The van der Waals surface area contributed by atoms with Gasteiger partial charge in [-0.2, -0.15) is 0 Å². The van der Waals surface area contributed by atoms with Gasteiger partial charge in [-0.25, -0.2) is 4.79 Å². The van der Waals surface area contributed by atoms with E-state index in [2.05, 4.69) is 10.3 Å². The molecule has 4 rings (SSSR count). The molecule has 0 saturated heterocycles. The normalized spacial score (nSPS) is 12.4. The summed E-state index contributed by atoms with van der Waals surface area (Å²) >= 11 is 0. The van der Waals surface area contributed by atoms with Crippen LogP contribution in [0.1, 0.15) is 28.5 Å². The molecular weight excluding hydrogens is 402 g/mol. The second-order valence-electron chi connectivity index (χ2n) is 7.69. The zero-order valence-electron chi connectivity index (χ0n) is 17.7. The van der Waals surface area contributed by atoms with Crippen LogP contribution in [0.25, 0.3) is 0 Å². The van der Waals surface area contributed by atoms with Crippen LogP contribution in [-0.4, -0.2) is 21.2 Å². The van der Waals surface area contributed by atoms with Gasteiger partial charge in [0.05, 0.1) is 5.54 Å². The number of nitrogens with zero attached hydrogens (tertiary/aromatic N) is 1. The topological polar surface area (TPSA) is 87.1 Å². The van der Waals surface area contributed by atoms with E-state index in [1.807, 2.05) is 91.0 Å². The van der Waals surface area contributed by atoms with E-state index < -0.39 is 23.0 Å². The molecule has 0 aliphatic carbocycles. The molecule has 0 spiro atoms. The molecule has 6 nitrogen and oxygen atoms in total. The summed E-state index contributed by atoms with van der Waals surface area (Å²) in [5, 5.41) is 14.4. The third-order valence-corrected chi connectivity index (χ3v) is 5.64. The van der Waals surface area contributed by atoms with E-state index in [1.54, 1.807) is 6.92 Å². The number of aromatic amines is 1. The summed E-state index contributed by atoms with van der Waals surface area (Å²) in [4.78, 5) is 26.3. The van der Waals surface area contributed by atoms with Crippen LogP contribution in [0.15, 0.2) is 107 Å². The molecule has 1 unspecified atom stereocenters. The van der Waals surface area contributed by atoms with Crippen molar-refractivity contribution in [2.75, 3.05) is 6.54 Å². The quantitative estimate of drug-likeness (QED) is 0.396. The zero-order chi connectivity index (χ0) is 22.6. The van der Waals surface area contributed by atoms with Crippen LogP contribution in [0.2, 0.25) is 0 Å². The number of hydrogen-bond acceptors (Lipinski definition) is 4. The number of rotatable bonds is 7. The summed E-state index contributed by atoms with van der Waals surface area (Å²) in [6, 6.07) is 30.0. The summed E-state index contributed by atoms with van der Waals surface area (Å²) in [5.74, 6) is 0. The molecule has 3 aromatic carbocycles. The van der Waals surface area contributed by atoms with Crippen LogP contribution < -0.4 is 16.6 Å². The Balaban J connectivity index is 1.82. The number of aliphatic hydroxyl groups excluding tert-OH is 1. The first-order valence-electron chi connectivity index (χ1n) is 10.4. The smallest absolute Gasteiger partial charge is 0.330 e. The highest BCUT2D eigenvalue weighted by Gasteiger charge is 2.36. The summed E-state index contributed by atoms with van der Waals surface area (Å²) in [5.41, 5.74) is 1.45. The van der Waals surface area contributed by atoms with Gasteiger partial charge >= 0.3 is 5.69 Å². The van der Waals surface area contributed by atoms with E-state index >= 15 is 0 Å². The fourth-order valence-corrected chi connectivity index (χ4v) is 4.02. The summed E-state index contributed by atoms with van der Waals surface area (Å²) < 4.78 is 1.13. The van der Waals surface area contributed by atoms with Crippen LogP contribution in [0.5, 0.6) is 0 Å². The van der Waals surface area contributed by atoms with Gasteiger partial charge in [0.2, 0.25) is 0 Å². The monoisotopic (exact) mass is 427 g/mol. The van der Waals surface area contributed by atoms with E-state index in [1.165, 1.54) is 6.20 Å². The van der Waals surface area contributed by atoms with Gasteiger partial charge in [-0.05, 0) is 23.6 Å². The zero-order valence-corrected chi connectivity index (χ0v) is 17.7. The Bertz CT molecular complexity index is 1190. The number of benzene rings is 3. The average Bonchev–Trinajstić information content (AvgIpc) is 2.84. The van der Waals surface area contributed by atoms with Crippen LogP contribution in [0.4, 0.5) is 0 Å². The van der Waals surface area contributed by atoms with Crippen molar-refractivity contribution in [2.45, 2.75) is 18.7 Å². The summed E-state index contributed by atoms with van der Waals surface area (Å²) in [6.07, 6.45) is 0.191. The molecule has 0 fully saturated rings. The van der Waals surface area contributed by atoms with Gasteiger partial charge in [0.15, 0.2) is 0 Å². The first kappa shape index (κ1) is 21.5. The first-order chi connectivity index (χ1) is 15.5. The highest BCUT2D eigenvalue weighted by Crippen LogP contribution is 2.36. The van der Waals surface area contributed by atoms with Gasteiger partial charge in [0, 0.05) is 18.3 Å². The van der Waals surface area contributed by atoms with Crippen molar-refractivity contribution in [1.29, 1.82) is 0 Å². The molecule has 1 atom stereocenters. The number of nitrogens with one attached hydrogen (secondary N) is 2. The molecule has 4 aromatic rings. The standard InChI is InChI=1S/C26H25N3O3/c1-19-18-29(25(32)28-24(19)31)23(30)17-27-26(20-11-5-2-6-12-20,21-13-7-3-8-14-21)22-15-9-4-10-16-22/h2-16,18,23,27,30H,17H2,1H3,(H,28,31,32). The van der Waals surface area contributed by atoms with Gasteiger partial charge in [0.25, 0.3) is 5.56 Å². The lowest BCUT2D eigenvalue weighted by Crippen LogP contribution is -2.48. The predicted molar refractivity (Wildman–Crippen MR) is 125 cm³/mol. The first-order valence-corrected chi connectivity index (χ1v) is 10.4. The lowest BCUT2D eigenvalue weighted by molar-refractivity contribution is 0.0910.